The Kier molecular flexibility index (Phi) is 8.47. The normalized spacial score (nSPS) is 14.7. The second-order valence-electron chi connectivity index (χ2n) is 5.11. The Balaban J connectivity index is 0.000000383. The zero-order valence-electron chi connectivity index (χ0n) is 12.7. The van der Waals surface area contributed by atoms with Gasteiger partial charge < -0.3 is 15.5 Å². The van der Waals surface area contributed by atoms with Crippen molar-refractivity contribution in [3.05, 3.63) is 42.5 Å². The summed E-state index contributed by atoms with van der Waals surface area (Å²) in [6.45, 7) is 11.7. The van der Waals surface area contributed by atoms with Crippen LogP contribution in [0.25, 0.3) is 0 Å². The Morgan fingerprint density at radius 1 is 1.24 bits per heavy atom. The molecule has 1 saturated heterocycles. The molecule has 1 fully saturated rings. The van der Waals surface area contributed by atoms with Crippen molar-refractivity contribution in [2.24, 2.45) is 5.73 Å². The van der Waals surface area contributed by atoms with Crippen molar-refractivity contribution in [1.29, 1.82) is 0 Å². The molecule has 1 aliphatic rings. The van der Waals surface area contributed by atoms with E-state index in [9.17, 15) is 4.39 Å². The molecule has 6 heteroatoms. The van der Waals surface area contributed by atoms with Gasteiger partial charge in [-0.25, -0.2) is 4.39 Å². The van der Waals surface area contributed by atoms with Gasteiger partial charge in [0.25, 0.3) is 0 Å². The van der Waals surface area contributed by atoms with Crippen LogP contribution in [0.2, 0.25) is 0 Å². The Hall–Kier alpha value is -0.438. The van der Waals surface area contributed by atoms with Gasteiger partial charge in [-0.15, -0.1) is 0 Å². The third-order valence-electron chi connectivity index (χ3n) is 3.11. The molecule has 0 aliphatic carbocycles. The Morgan fingerprint density at radius 3 is 2.10 bits per heavy atom. The van der Waals surface area contributed by atoms with Crippen LogP contribution in [0.1, 0.15) is 13.8 Å². The van der Waals surface area contributed by atoms with Gasteiger partial charge in [0.15, 0.2) is 0 Å². The van der Waals surface area contributed by atoms with Crippen LogP contribution in [0, 0.1) is 5.82 Å². The molecule has 0 spiro atoms. The van der Waals surface area contributed by atoms with Crippen molar-refractivity contribution in [3.63, 3.8) is 0 Å². The molecule has 1 aromatic carbocycles. The van der Waals surface area contributed by atoms with Gasteiger partial charge in [-0.05, 0) is 24.3 Å². The van der Waals surface area contributed by atoms with Crippen LogP contribution >= 0.6 is 8.31 Å². The zero-order chi connectivity index (χ0) is 15.8. The first-order chi connectivity index (χ1) is 9.93. The molecule has 0 saturated carbocycles. The molecule has 1 aromatic rings. The van der Waals surface area contributed by atoms with Crippen molar-refractivity contribution in [2.45, 2.75) is 19.1 Å². The first-order valence-electron chi connectivity index (χ1n) is 6.96. The molecular weight excluding hydrogens is 480 g/mol. The van der Waals surface area contributed by atoms with Crippen LogP contribution in [-0.2, 0) is 0 Å². The van der Waals surface area contributed by atoms with E-state index in [-0.39, 0.29) is 5.82 Å². The molecule has 0 bridgehead atoms. The molecule has 0 atom stereocenters. The van der Waals surface area contributed by atoms with Gasteiger partial charge in [0.1, 0.15) is 5.82 Å². The van der Waals surface area contributed by atoms with Crippen LogP contribution < -0.4 is 10.6 Å². The Bertz CT molecular complexity index is 431. The van der Waals surface area contributed by atoms with E-state index >= 15 is 0 Å². The average Bonchev–Trinajstić information content (AvgIpc) is 2.48. The maximum atomic E-state index is 12.8. The Labute approximate surface area is 145 Å². The van der Waals surface area contributed by atoms with Crippen molar-refractivity contribution in [3.8, 4) is 0 Å². The standard InChI is InChI=1S/C12H16FN3.C3H8S.Pb/c1-10(14)15-6-8-16(9-7-15)12-4-2-11(13)3-5-12;1-3(2)4;/h2-5H,1,6-9,14H2;3-4H,1-2H3;/q;;+1/p-1. The molecule has 115 valence electrons. The van der Waals surface area contributed by atoms with E-state index in [1.165, 1.54) is 36.4 Å². The van der Waals surface area contributed by atoms with Crippen LogP contribution in [-0.4, -0.2) is 60.6 Å². The second-order valence-corrected chi connectivity index (χ2v) is 9.04. The monoisotopic (exact) mass is 504 g/mol. The van der Waals surface area contributed by atoms with Crippen LogP contribution in [0.5, 0.6) is 0 Å². The predicted molar refractivity (Wildman–Crippen MR) is 92.0 cm³/mol. The number of piperazine rings is 1. The van der Waals surface area contributed by atoms with Crippen molar-refractivity contribution >= 4 is 38.3 Å². The van der Waals surface area contributed by atoms with Gasteiger partial charge in [-0.2, -0.15) is 0 Å². The van der Waals surface area contributed by atoms with Gasteiger partial charge >= 0.3 is 51.7 Å². The van der Waals surface area contributed by atoms with Gasteiger partial charge in [0.2, 0.25) is 0 Å². The molecule has 3 nitrogen and oxygen atoms in total. The SMILES string of the molecule is C=C(N)N1CCN(c2ccc(F)cc2)CC1.CC(C)[S][Pb]. The second kappa shape index (κ2) is 9.55. The summed E-state index contributed by atoms with van der Waals surface area (Å²) in [5.74, 6) is 0.427. The first-order valence-corrected chi connectivity index (χ1v) is 12.6. The molecule has 2 rings (SSSR count). The van der Waals surface area contributed by atoms with Crippen molar-refractivity contribution in [1.82, 2.24) is 4.90 Å². The van der Waals surface area contributed by atoms with E-state index in [0.717, 1.165) is 37.1 Å². The fourth-order valence-corrected chi connectivity index (χ4v) is 1.90. The van der Waals surface area contributed by atoms with Crippen LogP contribution in [0.15, 0.2) is 36.7 Å². The molecule has 2 N–H and O–H groups in total. The fraction of sp³-hybridized carbons (Fsp3) is 0.467. The van der Waals surface area contributed by atoms with Crippen molar-refractivity contribution in [2.75, 3.05) is 31.1 Å². The maximum absolute atomic E-state index is 12.8. The zero-order valence-corrected chi connectivity index (χ0v) is 17.4. The molecule has 0 amide bonds. The summed E-state index contributed by atoms with van der Waals surface area (Å²) in [6.07, 6.45) is 0. The number of hydrogen-bond donors (Lipinski definition) is 1. The summed E-state index contributed by atoms with van der Waals surface area (Å²) in [5, 5.41) is 0.863. The van der Waals surface area contributed by atoms with E-state index in [1.54, 1.807) is 0 Å². The Morgan fingerprint density at radius 2 is 1.71 bits per heavy atom. The first kappa shape index (κ1) is 18.6. The minimum absolute atomic E-state index is 0.197. The number of rotatable bonds is 3. The van der Waals surface area contributed by atoms with Crippen molar-refractivity contribution < 1.29 is 4.39 Å². The summed E-state index contributed by atoms with van der Waals surface area (Å²) in [6, 6.07) is 6.59. The summed E-state index contributed by atoms with van der Waals surface area (Å²) >= 11 is 1.29. The van der Waals surface area contributed by atoms with E-state index in [0.29, 0.717) is 5.82 Å². The molecular formula is C15H23FN3PbS. The van der Waals surface area contributed by atoms with Crippen LogP contribution in [0.3, 0.4) is 0 Å². The van der Waals surface area contributed by atoms with Gasteiger partial charge in [0.05, 0.1) is 5.82 Å². The number of benzene rings is 1. The van der Waals surface area contributed by atoms with Gasteiger partial charge in [-0.1, -0.05) is 6.58 Å². The van der Waals surface area contributed by atoms with E-state index in [1.807, 2.05) is 20.4 Å². The fourth-order valence-electron chi connectivity index (χ4n) is 1.90. The molecule has 1 heterocycles. The molecule has 21 heavy (non-hydrogen) atoms. The summed E-state index contributed by atoms with van der Waals surface area (Å²) in [4.78, 5) is 4.28. The number of nitrogens with zero attached hydrogens (tertiary/aromatic N) is 2. The summed E-state index contributed by atoms with van der Waals surface area (Å²) in [5.41, 5.74) is 6.69. The number of hydrogen-bond acceptors (Lipinski definition) is 4. The molecule has 3 radical (unpaired) electrons. The third kappa shape index (κ3) is 6.90. The quantitative estimate of drug-likeness (QED) is 0.643. The summed E-state index contributed by atoms with van der Waals surface area (Å²) < 4.78 is 12.8. The van der Waals surface area contributed by atoms with Gasteiger partial charge in [-0.3, -0.25) is 0 Å². The van der Waals surface area contributed by atoms with E-state index in [2.05, 4.69) is 30.2 Å². The molecule has 0 aromatic heterocycles. The molecule has 0 unspecified atom stereocenters. The topological polar surface area (TPSA) is 32.5 Å². The number of anilines is 1. The minimum atomic E-state index is -0.197. The summed E-state index contributed by atoms with van der Waals surface area (Å²) in [7, 11) is 2.02. The van der Waals surface area contributed by atoms with Gasteiger partial charge in [0, 0.05) is 31.9 Å². The van der Waals surface area contributed by atoms with Crippen LogP contribution in [0.4, 0.5) is 10.1 Å². The number of halogens is 1. The molecule has 1 aliphatic heterocycles. The average molecular weight is 504 g/mol. The third-order valence-corrected chi connectivity index (χ3v) is 9.08. The van der Waals surface area contributed by atoms with E-state index in [4.69, 9.17) is 5.73 Å². The number of nitrogens with two attached hydrogens (primary N) is 1. The van der Waals surface area contributed by atoms with E-state index < -0.39 is 0 Å². The predicted octanol–water partition coefficient (Wildman–Crippen LogP) is 2.59.